The van der Waals surface area contributed by atoms with Crippen molar-refractivity contribution in [2.45, 2.75) is 17.9 Å². The molecule has 6 nitrogen and oxygen atoms in total. The summed E-state index contributed by atoms with van der Waals surface area (Å²) in [6, 6.07) is 5.61. The molecule has 0 spiro atoms. The lowest BCUT2D eigenvalue weighted by Gasteiger charge is -2.13. The maximum Gasteiger partial charge on any atom is 0.263 e. The lowest BCUT2D eigenvalue weighted by molar-refractivity contribution is 0.190. The monoisotopic (exact) mass is 357 g/mol. The molecule has 0 saturated carbocycles. The summed E-state index contributed by atoms with van der Waals surface area (Å²) >= 11 is 0. The molecule has 0 bridgehead atoms. The Morgan fingerprint density at radius 2 is 1.96 bits per heavy atom. The van der Waals surface area contributed by atoms with Gasteiger partial charge in [0.05, 0.1) is 12.3 Å². The summed E-state index contributed by atoms with van der Waals surface area (Å²) < 4.78 is 57.6. The predicted octanol–water partition coefficient (Wildman–Crippen LogP) is 2.61. The third-order valence-electron chi connectivity index (χ3n) is 3.03. The van der Waals surface area contributed by atoms with Crippen molar-refractivity contribution in [2.24, 2.45) is 0 Å². The fourth-order valence-electron chi connectivity index (χ4n) is 1.94. The lowest BCUT2D eigenvalue weighted by Crippen LogP contribution is -2.21. The van der Waals surface area contributed by atoms with E-state index in [-0.39, 0.29) is 16.6 Å². The average Bonchev–Trinajstić information content (AvgIpc) is 2.51. The van der Waals surface area contributed by atoms with E-state index in [1.165, 1.54) is 18.3 Å². The molecule has 0 aliphatic carbocycles. The second kappa shape index (κ2) is 7.54. The number of methoxy groups -OCH3 is 1. The van der Waals surface area contributed by atoms with Gasteiger partial charge in [0, 0.05) is 25.4 Å². The molecular weight excluding hydrogens is 340 g/mol. The number of aromatic nitrogens is 1. The first-order valence-electron chi connectivity index (χ1n) is 7.01. The Hall–Kier alpha value is -2.26. The average molecular weight is 357 g/mol. The highest BCUT2D eigenvalue weighted by atomic mass is 32.2. The molecule has 0 aliphatic heterocycles. The summed E-state index contributed by atoms with van der Waals surface area (Å²) in [5.74, 6) is -1.70. The number of nitrogens with zero attached hydrogens (tertiary/aromatic N) is 1. The van der Waals surface area contributed by atoms with Gasteiger partial charge in [0.25, 0.3) is 10.0 Å². The topological polar surface area (TPSA) is 80.3 Å². The lowest BCUT2D eigenvalue weighted by atomic mass is 10.3. The maximum absolute atomic E-state index is 13.2. The van der Waals surface area contributed by atoms with Crippen molar-refractivity contribution in [3.63, 3.8) is 0 Å². The van der Waals surface area contributed by atoms with Gasteiger partial charge in [0.15, 0.2) is 11.6 Å². The smallest absolute Gasteiger partial charge is 0.263 e. The number of ether oxygens (including phenoxy) is 1. The molecule has 0 fully saturated rings. The highest BCUT2D eigenvalue weighted by molar-refractivity contribution is 7.92. The summed E-state index contributed by atoms with van der Waals surface area (Å²) in [4.78, 5) is 3.92. The largest absolute Gasteiger partial charge is 0.383 e. The number of benzene rings is 1. The quantitative estimate of drug-likeness (QED) is 0.796. The van der Waals surface area contributed by atoms with Gasteiger partial charge in [-0.05, 0) is 31.2 Å². The number of halogens is 2. The first-order valence-corrected chi connectivity index (χ1v) is 8.49. The van der Waals surface area contributed by atoms with Crippen molar-refractivity contribution in [1.82, 2.24) is 4.98 Å². The molecule has 0 radical (unpaired) electrons. The molecule has 1 unspecified atom stereocenters. The molecular formula is C15H17F2N3O3S. The van der Waals surface area contributed by atoms with Crippen LogP contribution in [-0.4, -0.2) is 33.2 Å². The molecule has 24 heavy (non-hydrogen) atoms. The standard InChI is InChI=1S/C15H17F2N3O3S/c1-10(9-23-2)19-15-6-4-12(8-18-15)24(21,22)20-11-3-5-13(16)14(17)7-11/h3-8,10,20H,9H2,1-2H3,(H,18,19). The zero-order valence-corrected chi connectivity index (χ0v) is 13.9. The van der Waals surface area contributed by atoms with Crippen molar-refractivity contribution < 1.29 is 21.9 Å². The van der Waals surface area contributed by atoms with E-state index in [9.17, 15) is 17.2 Å². The fourth-order valence-corrected chi connectivity index (χ4v) is 2.94. The normalized spacial score (nSPS) is 12.7. The van der Waals surface area contributed by atoms with E-state index in [4.69, 9.17) is 4.74 Å². The number of nitrogens with one attached hydrogen (secondary N) is 2. The molecule has 0 aliphatic rings. The van der Waals surface area contributed by atoms with Crippen LogP contribution in [0, 0.1) is 11.6 Å². The van der Waals surface area contributed by atoms with Crippen LogP contribution in [0.3, 0.4) is 0 Å². The van der Waals surface area contributed by atoms with Crippen molar-refractivity contribution in [1.29, 1.82) is 0 Å². The number of pyridine rings is 1. The van der Waals surface area contributed by atoms with Gasteiger partial charge in [-0.1, -0.05) is 0 Å². The Kier molecular flexibility index (Phi) is 5.68. The summed E-state index contributed by atoms with van der Waals surface area (Å²) in [5, 5.41) is 3.04. The molecule has 1 aromatic heterocycles. The van der Waals surface area contributed by atoms with Crippen molar-refractivity contribution >= 4 is 21.5 Å². The SMILES string of the molecule is COCC(C)Nc1ccc(S(=O)(=O)Nc2ccc(F)c(F)c2)cn1. The van der Waals surface area contributed by atoms with Crippen LogP contribution in [0.15, 0.2) is 41.4 Å². The first kappa shape index (κ1) is 18.1. The van der Waals surface area contributed by atoms with E-state index in [0.717, 1.165) is 18.2 Å². The molecule has 1 atom stereocenters. The number of hydrogen-bond acceptors (Lipinski definition) is 5. The summed E-state index contributed by atoms with van der Waals surface area (Å²) in [5.41, 5.74) is -0.0789. The molecule has 0 saturated heterocycles. The van der Waals surface area contributed by atoms with E-state index < -0.39 is 21.7 Å². The number of rotatable bonds is 7. The highest BCUT2D eigenvalue weighted by Gasteiger charge is 2.16. The van der Waals surface area contributed by atoms with Crippen LogP contribution in [0.1, 0.15) is 6.92 Å². The molecule has 2 aromatic rings. The van der Waals surface area contributed by atoms with Gasteiger partial charge in [-0.2, -0.15) is 0 Å². The Morgan fingerprint density at radius 1 is 1.21 bits per heavy atom. The van der Waals surface area contributed by atoms with E-state index >= 15 is 0 Å². The van der Waals surface area contributed by atoms with Crippen LogP contribution < -0.4 is 10.0 Å². The van der Waals surface area contributed by atoms with Gasteiger partial charge < -0.3 is 10.1 Å². The highest BCUT2D eigenvalue weighted by Crippen LogP contribution is 2.19. The van der Waals surface area contributed by atoms with Gasteiger partial charge >= 0.3 is 0 Å². The molecule has 130 valence electrons. The number of anilines is 2. The minimum absolute atomic E-state index is 0.00488. The summed E-state index contributed by atoms with van der Waals surface area (Å²) in [6.07, 6.45) is 1.17. The Labute approximate surface area is 138 Å². The summed E-state index contributed by atoms with van der Waals surface area (Å²) in [6.45, 7) is 2.36. The number of sulfonamides is 1. The van der Waals surface area contributed by atoms with Crippen LogP contribution in [0.5, 0.6) is 0 Å². The van der Waals surface area contributed by atoms with Gasteiger partial charge in [0.2, 0.25) is 0 Å². The maximum atomic E-state index is 13.2. The molecule has 1 heterocycles. The Bertz CT molecular complexity index is 798. The Balaban J connectivity index is 2.12. The first-order chi connectivity index (χ1) is 11.3. The second-order valence-corrected chi connectivity index (χ2v) is 6.80. The van der Waals surface area contributed by atoms with E-state index in [2.05, 4.69) is 15.0 Å². The predicted molar refractivity (Wildman–Crippen MR) is 86.4 cm³/mol. The molecule has 9 heteroatoms. The van der Waals surface area contributed by atoms with Gasteiger partial charge in [-0.25, -0.2) is 22.2 Å². The summed E-state index contributed by atoms with van der Waals surface area (Å²) in [7, 11) is -2.38. The van der Waals surface area contributed by atoms with Crippen LogP contribution in [0.4, 0.5) is 20.3 Å². The van der Waals surface area contributed by atoms with Gasteiger partial charge in [-0.15, -0.1) is 0 Å². The van der Waals surface area contributed by atoms with Crippen LogP contribution in [0.2, 0.25) is 0 Å². The van der Waals surface area contributed by atoms with Crippen molar-refractivity contribution in [3.8, 4) is 0 Å². The molecule has 2 N–H and O–H groups in total. The van der Waals surface area contributed by atoms with E-state index in [0.29, 0.717) is 12.4 Å². The third kappa shape index (κ3) is 4.62. The van der Waals surface area contributed by atoms with E-state index in [1.54, 1.807) is 7.11 Å². The van der Waals surface area contributed by atoms with Crippen molar-refractivity contribution in [2.75, 3.05) is 23.8 Å². The fraction of sp³-hybridized carbons (Fsp3) is 0.267. The van der Waals surface area contributed by atoms with Crippen LogP contribution in [-0.2, 0) is 14.8 Å². The second-order valence-electron chi connectivity index (χ2n) is 5.11. The van der Waals surface area contributed by atoms with Gasteiger partial charge in [0.1, 0.15) is 10.7 Å². The zero-order chi connectivity index (χ0) is 17.7. The van der Waals surface area contributed by atoms with E-state index in [1.807, 2.05) is 6.92 Å². The Morgan fingerprint density at radius 3 is 2.54 bits per heavy atom. The van der Waals surface area contributed by atoms with Crippen LogP contribution >= 0.6 is 0 Å². The van der Waals surface area contributed by atoms with Crippen molar-refractivity contribution in [3.05, 3.63) is 48.2 Å². The zero-order valence-electron chi connectivity index (χ0n) is 13.1. The number of hydrogen-bond donors (Lipinski definition) is 2. The van der Waals surface area contributed by atoms with Crippen LogP contribution in [0.25, 0.3) is 0 Å². The molecule has 2 rings (SSSR count). The minimum atomic E-state index is -3.95. The minimum Gasteiger partial charge on any atom is -0.383 e. The molecule has 0 amide bonds. The third-order valence-corrected chi connectivity index (χ3v) is 4.40. The van der Waals surface area contributed by atoms with Gasteiger partial charge in [-0.3, -0.25) is 4.72 Å². The molecule has 1 aromatic carbocycles.